The Kier molecular flexibility index (Phi) is 12.1. The number of hydrogen-bond donors (Lipinski definition) is 4. The molecule has 1 unspecified atom stereocenters. The van der Waals surface area contributed by atoms with Crippen LogP contribution < -0.4 is 16.0 Å². The van der Waals surface area contributed by atoms with Crippen LogP contribution in [0.5, 0.6) is 0 Å². The van der Waals surface area contributed by atoms with Crippen molar-refractivity contribution in [2.45, 2.75) is 50.5 Å². The second-order valence-corrected chi connectivity index (χ2v) is 6.82. The molecule has 2 rings (SSSR count). The monoisotopic (exact) mass is 488 g/mol. The summed E-state index contributed by atoms with van der Waals surface area (Å²) in [6, 6.07) is 10.3. The number of aliphatic hydroxyl groups is 1. The minimum absolute atomic E-state index is 0. The van der Waals surface area contributed by atoms with Gasteiger partial charge < -0.3 is 21.1 Å². The predicted molar refractivity (Wildman–Crippen MR) is 121 cm³/mol. The van der Waals surface area contributed by atoms with Crippen LogP contribution in [-0.2, 0) is 4.79 Å². The molecule has 1 aromatic rings. The molecule has 0 aliphatic heterocycles. The minimum atomic E-state index is 0. The van der Waals surface area contributed by atoms with Crippen molar-refractivity contribution in [1.82, 2.24) is 16.0 Å². The van der Waals surface area contributed by atoms with Crippen molar-refractivity contribution < 1.29 is 9.90 Å². The highest BCUT2D eigenvalue weighted by atomic mass is 127. The number of halogens is 1. The van der Waals surface area contributed by atoms with Crippen molar-refractivity contribution in [2.75, 3.05) is 26.7 Å². The van der Waals surface area contributed by atoms with Crippen molar-refractivity contribution in [3.8, 4) is 0 Å². The molecule has 0 saturated heterocycles. The SMILES string of the molecule is CN=C(NCCC(=O)NC1CCCCC1)NCC(CO)c1ccccc1.I. The molecule has 0 bridgehead atoms. The predicted octanol–water partition coefficient (Wildman–Crippen LogP) is 2.38. The average Bonchev–Trinajstić information content (AvgIpc) is 2.68. The van der Waals surface area contributed by atoms with Gasteiger partial charge in [-0.3, -0.25) is 9.79 Å². The quantitative estimate of drug-likeness (QED) is 0.257. The summed E-state index contributed by atoms with van der Waals surface area (Å²) in [6.07, 6.45) is 6.35. The zero-order valence-electron chi connectivity index (χ0n) is 16.1. The van der Waals surface area contributed by atoms with Crippen molar-refractivity contribution >= 4 is 35.8 Å². The second kappa shape index (κ2) is 13.8. The number of nitrogens with one attached hydrogen (secondary N) is 3. The van der Waals surface area contributed by atoms with Gasteiger partial charge in [-0.05, 0) is 18.4 Å². The third-order valence-corrected chi connectivity index (χ3v) is 4.85. The van der Waals surface area contributed by atoms with Crippen LogP contribution in [0.4, 0.5) is 0 Å². The van der Waals surface area contributed by atoms with E-state index in [4.69, 9.17) is 0 Å². The van der Waals surface area contributed by atoms with E-state index < -0.39 is 0 Å². The third-order valence-electron chi connectivity index (χ3n) is 4.85. The molecule has 27 heavy (non-hydrogen) atoms. The normalized spacial score (nSPS) is 16.1. The average molecular weight is 488 g/mol. The van der Waals surface area contributed by atoms with Crippen LogP contribution in [0.2, 0.25) is 0 Å². The van der Waals surface area contributed by atoms with Crippen LogP contribution in [0.25, 0.3) is 0 Å². The van der Waals surface area contributed by atoms with Crippen LogP contribution in [0.3, 0.4) is 0 Å². The third kappa shape index (κ3) is 8.92. The lowest BCUT2D eigenvalue weighted by molar-refractivity contribution is -0.121. The van der Waals surface area contributed by atoms with Crippen LogP contribution in [0.15, 0.2) is 35.3 Å². The number of guanidine groups is 1. The lowest BCUT2D eigenvalue weighted by Gasteiger charge is -2.23. The molecule has 1 amide bonds. The summed E-state index contributed by atoms with van der Waals surface area (Å²) in [7, 11) is 1.70. The molecule has 7 heteroatoms. The summed E-state index contributed by atoms with van der Waals surface area (Å²) in [6.45, 7) is 1.18. The first-order valence-electron chi connectivity index (χ1n) is 9.62. The van der Waals surface area contributed by atoms with Gasteiger partial charge in [-0.25, -0.2) is 0 Å². The molecular formula is C20H33IN4O2. The molecule has 0 radical (unpaired) electrons. The molecule has 1 saturated carbocycles. The zero-order valence-corrected chi connectivity index (χ0v) is 18.4. The van der Waals surface area contributed by atoms with E-state index in [1.165, 1.54) is 19.3 Å². The Morgan fingerprint density at radius 1 is 1.19 bits per heavy atom. The van der Waals surface area contributed by atoms with Crippen LogP contribution >= 0.6 is 24.0 Å². The van der Waals surface area contributed by atoms with Crippen molar-refractivity contribution in [2.24, 2.45) is 4.99 Å². The maximum absolute atomic E-state index is 12.0. The van der Waals surface area contributed by atoms with Gasteiger partial charge in [-0.15, -0.1) is 24.0 Å². The van der Waals surface area contributed by atoms with Gasteiger partial charge in [-0.1, -0.05) is 49.6 Å². The van der Waals surface area contributed by atoms with Crippen LogP contribution in [0.1, 0.15) is 50.0 Å². The molecule has 1 aliphatic carbocycles. The van der Waals surface area contributed by atoms with Gasteiger partial charge in [0.2, 0.25) is 5.91 Å². The first-order valence-corrected chi connectivity index (χ1v) is 9.62. The molecule has 1 aromatic carbocycles. The number of nitrogens with zero attached hydrogens (tertiary/aromatic N) is 1. The van der Waals surface area contributed by atoms with E-state index in [0.717, 1.165) is 18.4 Å². The van der Waals surface area contributed by atoms with Gasteiger partial charge in [-0.2, -0.15) is 0 Å². The molecule has 152 valence electrons. The molecular weight excluding hydrogens is 455 g/mol. The van der Waals surface area contributed by atoms with E-state index in [1.807, 2.05) is 30.3 Å². The molecule has 1 fully saturated rings. The van der Waals surface area contributed by atoms with E-state index in [9.17, 15) is 9.90 Å². The van der Waals surface area contributed by atoms with Gasteiger partial charge in [0.1, 0.15) is 0 Å². The Morgan fingerprint density at radius 3 is 2.52 bits per heavy atom. The first-order chi connectivity index (χ1) is 12.7. The molecule has 0 heterocycles. The summed E-state index contributed by atoms with van der Waals surface area (Å²) >= 11 is 0. The highest BCUT2D eigenvalue weighted by Crippen LogP contribution is 2.17. The van der Waals surface area contributed by atoms with Crippen LogP contribution in [0, 0.1) is 0 Å². The Morgan fingerprint density at radius 2 is 1.89 bits per heavy atom. The number of carbonyl (C=O) groups excluding carboxylic acids is 1. The number of aliphatic hydroxyl groups excluding tert-OH is 1. The fraction of sp³-hybridized carbons (Fsp3) is 0.600. The largest absolute Gasteiger partial charge is 0.396 e. The maximum Gasteiger partial charge on any atom is 0.221 e. The first kappa shape index (κ1) is 23.7. The van der Waals surface area contributed by atoms with E-state index >= 15 is 0 Å². The summed E-state index contributed by atoms with van der Waals surface area (Å²) in [5, 5.41) is 19.1. The van der Waals surface area contributed by atoms with Gasteiger partial charge in [0.25, 0.3) is 0 Å². The number of rotatable bonds is 8. The number of amides is 1. The number of benzene rings is 1. The van der Waals surface area contributed by atoms with Crippen molar-refractivity contribution in [1.29, 1.82) is 0 Å². The molecule has 4 N–H and O–H groups in total. The van der Waals surface area contributed by atoms with Crippen molar-refractivity contribution in [3.63, 3.8) is 0 Å². The van der Waals surface area contributed by atoms with E-state index in [1.54, 1.807) is 7.05 Å². The Labute approximate surface area is 179 Å². The maximum atomic E-state index is 12.0. The molecule has 6 nitrogen and oxygen atoms in total. The standard InChI is InChI=1S/C20H32N4O2.HI/c1-21-20(23-14-17(15-25)16-8-4-2-5-9-16)22-13-12-19(26)24-18-10-6-3-7-11-18;/h2,4-5,8-9,17-18,25H,3,6-7,10-15H2,1H3,(H,24,26)(H2,21,22,23);1H. The fourth-order valence-corrected chi connectivity index (χ4v) is 3.29. The van der Waals surface area contributed by atoms with E-state index in [2.05, 4.69) is 20.9 Å². The lowest BCUT2D eigenvalue weighted by atomic mass is 9.95. The van der Waals surface area contributed by atoms with Crippen molar-refractivity contribution in [3.05, 3.63) is 35.9 Å². The highest BCUT2D eigenvalue weighted by molar-refractivity contribution is 14.0. The van der Waals surface area contributed by atoms with Gasteiger partial charge in [0.15, 0.2) is 5.96 Å². The summed E-state index contributed by atoms with van der Waals surface area (Å²) in [4.78, 5) is 16.2. The fourth-order valence-electron chi connectivity index (χ4n) is 3.29. The van der Waals surface area contributed by atoms with Gasteiger partial charge in [0, 0.05) is 38.5 Å². The molecule has 1 atom stereocenters. The Hall–Kier alpha value is -1.35. The van der Waals surface area contributed by atoms with Gasteiger partial charge >= 0.3 is 0 Å². The summed E-state index contributed by atoms with van der Waals surface area (Å²) in [5.74, 6) is 0.742. The Bertz CT molecular complexity index is 562. The molecule has 0 aromatic heterocycles. The number of aliphatic imine (C=N–C) groups is 1. The van der Waals surface area contributed by atoms with E-state index in [0.29, 0.717) is 31.5 Å². The van der Waals surface area contributed by atoms with Crippen LogP contribution in [-0.4, -0.2) is 49.8 Å². The molecule has 1 aliphatic rings. The van der Waals surface area contributed by atoms with E-state index in [-0.39, 0.29) is 42.4 Å². The zero-order chi connectivity index (χ0) is 18.6. The second-order valence-electron chi connectivity index (χ2n) is 6.82. The molecule has 0 spiro atoms. The Balaban J connectivity index is 0.00000364. The number of hydrogen-bond acceptors (Lipinski definition) is 3. The lowest BCUT2D eigenvalue weighted by Crippen LogP contribution is -2.42. The smallest absolute Gasteiger partial charge is 0.221 e. The summed E-state index contributed by atoms with van der Waals surface area (Å²) < 4.78 is 0. The minimum Gasteiger partial charge on any atom is -0.396 e. The highest BCUT2D eigenvalue weighted by Gasteiger charge is 2.15. The number of carbonyl (C=O) groups is 1. The topological polar surface area (TPSA) is 85.8 Å². The van der Waals surface area contributed by atoms with Gasteiger partial charge in [0.05, 0.1) is 6.61 Å². The summed E-state index contributed by atoms with van der Waals surface area (Å²) in [5.41, 5.74) is 1.09.